The molecule has 36 heavy (non-hydrogen) atoms. The Morgan fingerprint density at radius 1 is 1.06 bits per heavy atom. The van der Waals surface area contributed by atoms with Crippen LogP contribution in [0.2, 0.25) is 5.02 Å². The summed E-state index contributed by atoms with van der Waals surface area (Å²) in [5, 5.41) is 4.95. The van der Waals surface area contributed by atoms with Crippen LogP contribution in [-0.4, -0.2) is 22.6 Å². The van der Waals surface area contributed by atoms with E-state index < -0.39 is 0 Å². The maximum Gasteiger partial charge on any atom is 0.0501 e. The number of allylic oxidation sites excluding steroid dienone is 4. The zero-order valence-electron chi connectivity index (χ0n) is 21.8. The van der Waals surface area contributed by atoms with Crippen LogP contribution in [-0.2, 0) is 13.1 Å². The lowest BCUT2D eigenvalue weighted by molar-refractivity contribution is 0.205. The van der Waals surface area contributed by atoms with E-state index in [2.05, 4.69) is 103 Å². The molecule has 0 unspecified atom stereocenters. The predicted octanol–water partition coefficient (Wildman–Crippen LogP) is 9.05. The number of piperidine rings is 1. The van der Waals surface area contributed by atoms with Gasteiger partial charge in [0.25, 0.3) is 0 Å². The van der Waals surface area contributed by atoms with Gasteiger partial charge >= 0.3 is 0 Å². The maximum atomic E-state index is 6.44. The summed E-state index contributed by atoms with van der Waals surface area (Å²) in [4.78, 5) is 2.64. The summed E-state index contributed by atoms with van der Waals surface area (Å²) >= 11 is 6.44. The number of hydrogen-bond donors (Lipinski definition) is 0. The number of nitrogens with zero attached hydrogens (tertiary/aromatic N) is 2. The molecule has 1 fully saturated rings. The first kappa shape index (κ1) is 24.9. The number of halogens is 1. The van der Waals surface area contributed by atoms with Crippen molar-refractivity contribution in [1.82, 2.24) is 9.47 Å². The summed E-state index contributed by atoms with van der Waals surface area (Å²) in [6, 6.07) is 19.8. The standard InChI is InChI=1S/C33H37ClN2/c1-4-8-25(9-5-2)21-36-23-31(30-15-14-29(34)20-32(30)36)26-16-18-35(19-17-26)22-28-13-7-12-27-11-6-10-24(3)33(27)28/h4,6-15,20,23,26H,5,16-19,21-22H2,1-3H3/b8-4-,25-9+. The van der Waals surface area contributed by atoms with Gasteiger partial charge in [-0.25, -0.2) is 0 Å². The minimum Gasteiger partial charge on any atom is -0.343 e. The second-order valence-corrected chi connectivity index (χ2v) is 10.6. The van der Waals surface area contributed by atoms with Crippen molar-refractivity contribution in [1.29, 1.82) is 0 Å². The molecule has 1 aromatic heterocycles. The van der Waals surface area contributed by atoms with Gasteiger partial charge in [0.05, 0.1) is 5.52 Å². The van der Waals surface area contributed by atoms with Gasteiger partial charge in [0.2, 0.25) is 0 Å². The Bertz CT molecular complexity index is 1410. The molecule has 0 amide bonds. The van der Waals surface area contributed by atoms with Crippen LogP contribution in [0, 0.1) is 6.92 Å². The molecule has 0 aliphatic carbocycles. The zero-order valence-corrected chi connectivity index (χ0v) is 22.6. The summed E-state index contributed by atoms with van der Waals surface area (Å²) in [6.07, 6.45) is 12.5. The smallest absolute Gasteiger partial charge is 0.0501 e. The van der Waals surface area contributed by atoms with Gasteiger partial charge in [0, 0.05) is 29.7 Å². The van der Waals surface area contributed by atoms with E-state index in [1.165, 1.54) is 56.8 Å². The Kier molecular flexibility index (Phi) is 7.65. The molecule has 2 heterocycles. The lowest BCUT2D eigenvalue weighted by Crippen LogP contribution is -2.32. The molecule has 1 aliphatic heterocycles. The van der Waals surface area contributed by atoms with E-state index >= 15 is 0 Å². The summed E-state index contributed by atoms with van der Waals surface area (Å²) in [5.41, 5.74) is 6.91. The molecule has 0 spiro atoms. The number of aromatic nitrogens is 1. The highest BCUT2D eigenvalue weighted by molar-refractivity contribution is 6.31. The average molecular weight is 497 g/mol. The Morgan fingerprint density at radius 2 is 1.83 bits per heavy atom. The fourth-order valence-corrected chi connectivity index (χ4v) is 6.17. The molecule has 1 saturated heterocycles. The fourth-order valence-electron chi connectivity index (χ4n) is 6.00. The molecule has 4 aromatic rings. The summed E-state index contributed by atoms with van der Waals surface area (Å²) in [7, 11) is 0. The van der Waals surface area contributed by atoms with E-state index in [-0.39, 0.29) is 0 Å². The van der Waals surface area contributed by atoms with Crippen LogP contribution in [0.25, 0.3) is 21.7 Å². The van der Waals surface area contributed by atoms with E-state index in [0.29, 0.717) is 5.92 Å². The third-order valence-corrected chi connectivity index (χ3v) is 7.93. The second kappa shape index (κ2) is 11.1. The summed E-state index contributed by atoms with van der Waals surface area (Å²) in [6.45, 7) is 10.7. The third kappa shape index (κ3) is 5.16. The lowest BCUT2D eigenvalue weighted by atomic mass is 9.89. The van der Waals surface area contributed by atoms with Crippen LogP contribution in [0.4, 0.5) is 0 Å². The van der Waals surface area contributed by atoms with Gasteiger partial charge in [0.1, 0.15) is 0 Å². The lowest BCUT2D eigenvalue weighted by Gasteiger charge is -2.32. The van der Waals surface area contributed by atoms with Crippen molar-refractivity contribution in [3.8, 4) is 0 Å². The maximum absolute atomic E-state index is 6.44. The van der Waals surface area contributed by atoms with Crippen molar-refractivity contribution in [3.63, 3.8) is 0 Å². The number of rotatable bonds is 7. The summed E-state index contributed by atoms with van der Waals surface area (Å²) < 4.78 is 2.41. The van der Waals surface area contributed by atoms with E-state index in [1.807, 2.05) is 6.07 Å². The van der Waals surface area contributed by atoms with Crippen molar-refractivity contribution < 1.29 is 0 Å². The first-order chi connectivity index (χ1) is 17.6. The topological polar surface area (TPSA) is 8.17 Å². The van der Waals surface area contributed by atoms with Crippen LogP contribution in [0.5, 0.6) is 0 Å². The number of aryl methyl sites for hydroxylation is 1. The normalized spacial score (nSPS) is 16.1. The monoisotopic (exact) mass is 496 g/mol. The first-order valence-corrected chi connectivity index (χ1v) is 13.7. The van der Waals surface area contributed by atoms with Crippen molar-refractivity contribution in [2.75, 3.05) is 13.1 Å². The van der Waals surface area contributed by atoms with Crippen molar-refractivity contribution in [3.05, 3.63) is 106 Å². The molecule has 3 heteroatoms. The van der Waals surface area contributed by atoms with Gasteiger partial charge < -0.3 is 4.57 Å². The fraction of sp³-hybridized carbons (Fsp3) is 0.333. The Hall–Kier alpha value is -2.81. The molecule has 0 bridgehead atoms. The quantitative estimate of drug-likeness (QED) is 0.231. The Balaban J connectivity index is 1.36. The van der Waals surface area contributed by atoms with Crippen molar-refractivity contribution in [2.45, 2.75) is 59.0 Å². The average Bonchev–Trinajstić information content (AvgIpc) is 3.22. The molecule has 0 N–H and O–H groups in total. The van der Waals surface area contributed by atoms with E-state index in [0.717, 1.165) is 37.6 Å². The van der Waals surface area contributed by atoms with E-state index in [1.54, 1.807) is 0 Å². The van der Waals surface area contributed by atoms with E-state index in [4.69, 9.17) is 11.6 Å². The molecule has 0 saturated carbocycles. The SMILES string of the molecule is C/C=C\C(=C/CC)Cn1cc(C2CCN(Cc3cccc4cccc(C)c34)CC2)c2ccc(Cl)cc21. The molecule has 0 atom stereocenters. The van der Waals surface area contributed by atoms with Gasteiger partial charge in [-0.3, -0.25) is 4.90 Å². The minimum atomic E-state index is 0.584. The number of hydrogen-bond acceptors (Lipinski definition) is 1. The molecule has 2 nitrogen and oxygen atoms in total. The van der Waals surface area contributed by atoms with Crippen molar-refractivity contribution >= 4 is 33.3 Å². The van der Waals surface area contributed by atoms with Crippen LogP contribution < -0.4 is 0 Å². The van der Waals surface area contributed by atoms with Gasteiger partial charge in [0.15, 0.2) is 0 Å². The Labute approximate surface area is 220 Å². The van der Waals surface area contributed by atoms with Gasteiger partial charge in [-0.2, -0.15) is 0 Å². The predicted molar refractivity (Wildman–Crippen MR) is 156 cm³/mol. The van der Waals surface area contributed by atoms with Gasteiger partial charge in [-0.15, -0.1) is 0 Å². The van der Waals surface area contributed by atoms with Crippen LogP contribution in [0.15, 0.2) is 84.6 Å². The Morgan fingerprint density at radius 3 is 2.58 bits per heavy atom. The highest BCUT2D eigenvalue weighted by Crippen LogP contribution is 2.36. The molecule has 3 aromatic carbocycles. The van der Waals surface area contributed by atoms with Crippen LogP contribution in [0.1, 0.15) is 55.7 Å². The van der Waals surface area contributed by atoms with Gasteiger partial charge in [-0.05, 0) is 97.3 Å². The molecule has 186 valence electrons. The molecule has 1 aliphatic rings. The van der Waals surface area contributed by atoms with Crippen LogP contribution >= 0.6 is 11.6 Å². The molecular formula is C33H37ClN2. The van der Waals surface area contributed by atoms with Crippen molar-refractivity contribution in [2.24, 2.45) is 0 Å². The van der Waals surface area contributed by atoms with Gasteiger partial charge in [-0.1, -0.05) is 79.2 Å². The minimum absolute atomic E-state index is 0.584. The summed E-state index contributed by atoms with van der Waals surface area (Å²) in [5.74, 6) is 0.584. The van der Waals surface area contributed by atoms with E-state index in [9.17, 15) is 0 Å². The second-order valence-electron chi connectivity index (χ2n) is 10.2. The molecular weight excluding hydrogens is 460 g/mol. The third-order valence-electron chi connectivity index (χ3n) is 7.70. The highest BCUT2D eigenvalue weighted by atomic mass is 35.5. The largest absolute Gasteiger partial charge is 0.343 e. The molecule has 5 rings (SSSR count). The first-order valence-electron chi connectivity index (χ1n) is 13.4. The number of fused-ring (bicyclic) bond motifs is 2. The van der Waals surface area contributed by atoms with Crippen LogP contribution in [0.3, 0.4) is 0 Å². The molecule has 0 radical (unpaired) electrons. The zero-order chi connectivity index (χ0) is 25.1. The highest BCUT2D eigenvalue weighted by Gasteiger charge is 2.24. The number of likely N-dealkylation sites (tertiary alicyclic amines) is 1. The number of benzene rings is 3.